The minimum absolute atomic E-state index is 0. The van der Waals surface area contributed by atoms with Crippen molar-refractivity contribution >= 4 is 12.4 Å². The van der Waals surface area contributed by atoms with Crippen molar-refractivity contribution in [1.29, 1.82) is 0 Å². The predicted molar refractivity (Wildman–Crippen MR) is 54.6 cm³/mol. The van der Waals surface area contributed by atoms with Crippen LogP contribution in [0.2, 0.25) is 0 Å². The van der Waals surface area contributed by atoms with Crippen LogP contribution in [0.4, 0.5) is 0 Å². The molecule has 1 nitrogen and oxygen atoms in total. The van der Waals surface area contributed by atoms with Gasteiger partial charge in [0.2, 0.25) is 0 Å². The molecule has 72 valence electrons. The molecule has 0 radical (unpaired) electrons. The highest BCUT2D eigenvalue weighted by atomic mass is 35.5. The Balaban J connectivity index is 0.000000720. The van der Waals surface area contributed by atoms with E-state index in [2.05, 4.69) is 0 Å². The van der Waals surface area contributed by atoms with Gasteiger partial charge in [-0.1, -0.05) is 25.7 Å². The molecule has 0 heterocycles. The maximum atomic E-state index is 6.36. The van der Waals surface area contributed by atoms with Gasteiger partial charge < -0.3 is 5.73 Å². The van der Waals surface area contributed by atoms with Crippen LogP contribution in [-0.4, -0.2) is 5.54 Å². The summed E-state index contributed by atoms with van der Waals surface area (Å²) < 4.78 is 0. The lowest BCUT2D eigenvalue weighted by Crippen LogP contribution is -2.41. The van der Waals surface area contributed by atoms with Crippen LogP contribution in [-0.2, 0) is 0 Å². The molecule has 0 saturated heterocycles. The van der Waals surface area contributed by atoms with Crippen LogP contribution in [0.3, 0.4) is 0 Å². The molecule has 2 heteroatoms. The van der Waals surface area contributed by atoms with E-state index in [9.17, 15) is 0 Å². The van der Waals surface area contributed by atoms with E-state index in [0.29, 0.717) is 0 Å². The second-order valence-electron chi connectivity index (χ2n) is 4.42. The van der Waals surface area contributed by atoms with Crippen molar-refractivity contribution in [3.05, 3.63) is 0 Å². The van der Waals surface area contributed by atoms with Crippen molar-refractivity contribution in [3.8, 4) is 0 Å². The number of hydrogen-bond donors (Lipinski definition) is 1. The lowest BCUT2D eigenvalue weighted by atomic mass is 9.86. The third-order valence-electron chi connectivity index (χ3n) is 3.42. The van der Waals surface area contributed by atoms with Crippen molar-refractivity contribution in [3.63, 3.8) is 0 Å². The monoisotopic (exact) mass is 189 g/mol. The Morgan fingerprint density at radius 1 is 0.917 bits per heavy atom. The van der Waals surface area contributed by atoms with Crippen molar-refractivity contribution < 1.29 is 0 Å². The zero-order valence-electron chi connectivity index (χ0n) is 7.72. The highest BCUT2D eigenvalue weighted by Gasteiger charge is 2.41. The summed E-state index contributed by atoms with van der Waals surface area (Å²) in [6, 6.07) is 0. The Morgan fingerprint density at radius 3 is 1.83 bits per heavy atom. The maximum absolute atomic E-state index is 6.36. The van der Waals surface area contributed by atoms with E-state index < -0.39 is 0 Å². The first-order chi connectivity index (χ1) is 5.31. The van der Waals surface area contributed by atoms with Gasteiger partial charge in [-0.25, -0.2) is 0 Å². The topological polar surface area (TPSA) is 26.0 Å². The van der Waals surface area contributed by atoms with Crippen LogP contribution < -0.4 is 5.73 Å². The van der Waals surface area contributed by atoms with Crippen LogP contribution in [0.5, 0.6) is 0 Å². The van der Waals surface area contributed by atoms with E-state index in [4.69, 9.17) is 5.73 Å². The second kappa shape index (κ2) is 3.97. The lowest BCUT2D eigenvalue weighted by Gasteiger charge is -2.27. The largest absolute Gasteiger partial charge is 0.325 e. The van der Waals surface area contributed by atoms with Gasteiger partial charge in [0.15, 0.2) is 0 Å². The quantitative estimate of drug-likeness (QED) is 0.631. The lowest BCUT2D eigenvalue weighted by molar-refractivity contribution is 0.325. The minimum atomic E-state index is 0. The van der Waals surface area contributed by atoms with Crippen LogP contribution in [0.25, 0.3) is 0 Å². The molecule has 2 saturated carbocycles. The molecule has 2 rings (SSSR count). The van der Waals surface area contributed by atoms with Gasteiger partial charge in [-0.05, 0) is 31.6 Å². The first-order valence-electron chi connectivity index (χ1n) is 5.10. The van der Waals surface area contributed by atoms with Gasteiger partial charge in [0.1, 0.15) is 0 Å². The number of nitrogens with two attached hydrogens (primary N) is 1. The zero-order chi connectivity index (χ0) is 7.73. The standard InChI is InChI=1S/C10H19N.ClH/c11-10(9-5-6-9)7-3-1-2-4-8-10;/h9H,1-8,11H2;1H. The minimum Gasteiger partial charge on any atom is -0.325 e. The maximum Gasteiger partial charge on any atom is 0.0182 e. The molecular weight excluding hydrogens is 170 g/mol. The summed E-state index contributed by atoms with van der Waals surface area (Å²) in [5.41, 5.74) is 6.64. The summed E-state index contributed by atoms with van der Waals surface area (Å²) in [7, 11) is 0. The Labute approximate surface area is 81.5 Å². The van der Waals surface area contributed by atoms with Gasteiger partial charge in [0.05, 0.1) is 0 Å². The van der Waals surface area contributed by atoms with Crippen molar-refractivity contribution in [1.82, 2.24) is 0 Å². The van der Waals surface area contributed by atoms with Crippen molar-refractivity contribution in [2.45, 2.75) is 56.9 Å². The fourth-order valence-electron chi connectivity index (χ4n) is 2.45. The zero-order valence-corrected chi connectivity index (χ0v) is 8.54. The Kier molecular flexibility index (Phi) is 3.42. The van der Waals surface area contributed by atoms with Crippen LogP contribution in [0.1, 0.15) is 51.4 Å². The van der Waals surface area contributed by atoms with E-state index in [1.807, 2.05) is 0 Å². The van der Waals surface area contributed by atoms with Gasteiger partial charge in [-0.2, -0.15) is 0 Å². The molecule has 0 amide bonds. The molecule has 12 heavy (non-hydrogen) atoms. The van der Waals surface area contributed by atoms with Crippen LogP contribution in [0.15, 0.2) is 0 Å². The summed E-state index contributed by atoms with van der Waals surface area (Å²) >= 11 is 0. The molecule has 0 unspecified atom stereocenters. The summed E-state index contributed by atoms with van der Waals surface area (Å²) in [6.07, 6.45) is 11.0. The molecule has 0 aromatic carbocycles. The van der Waals surface area contributed by atoms with Crippen LogP contribution >= 0.6 is 12.4 Å². The van der Waals surface area contributed by atoms with Crippen molar-refractivity contribution in [2.75, 3.05) is 0 Å². The Bertz CT molecular complexity index is 135. The Hall–Kier alpha value is 0.250. The Morgan fingerprint density at radius 2 is 1.42 bits per heavy atom. The molecular formula is C10H20ClN. The molecule has 0 aromatic heterocycles. The summed E-state index contributed by atoms with van der Waals surface area (Å²) in [5.74, 6) is 0.903. The highest BCUT2D eigenvalue weighted by molar-refractivity contribution is 5.85. The fourth-order valence-corrected chi connectivity index (χ4v) is 2.45. The average molecular weight is 190 g/mol. The van der Waals surface area contributed by atoms with Crippen molar-refractivity contribution in [2.24, 2.45) is 11.7 Å². The van der Waals surface area contributed by atoms with Gasteiger partial charge >= 0.3 is 0 Å². The molecule has 0 spiro atoms. The van der Waals surface area contributed by atoms with E-state index in [1.165, 1.54) is 51.4 Å². The molecule has 2 fully saturated rings. The first-order valence-corrected chi connectivity index (χ1v) is 5.10. The summed E-state index contributed by atoms with van der Waals surface area (Å²) in [4.78, 5) is 0. The summed E-state index contributed by atoms with van der Waals surface area (Å²) in [5, 5.41) is 0. The SMILES string of the molecule is Cl.NC1(C2CC2)CCCCCC1. The van der Waals surface area contributed by atoms with E-state index in [-0.39, 0.29) is 17.9 Å². The third kappa shape index (κ3) is 2.14. The van der Waals surface area contributed by atoms with E-state index >= 15 is 0 Å². The number of rotatable bonds is 1. The first kappa shape index (κ1) is 10.3. The van der Waals surface area contributed by atoms with Gasteiger partial charge in [-0.3, -0.25) is 0 Å². The smallest absolute Gasteiger partial charge is 0.0182 e. The van der Waals surface area contributed by atoms with Gasteiger partial charge in [0, 0.05) is 5.54 Å². The predicted octanol–water partition coefficient (Wildman–Crippen LogP) is 2.87. The van der Waals surface area contributed by atoms with Gasteiger partial charge in [0.25, 0.3) is 0 Å². The van der Waals surface area contributed by atoms with E-state index in [0.717, 1.165) is 5.92 Å². The second-order valence-corrected chi connectivity index (χ2v) is 4.42. The summed E-state index contributed by atoms with van der Waals surface area (Å²) in [6.45, 7) is 0. The number of hydrogen-bond acceptors (Lipinski definition) is 1. The molecule has 2 aliphatic carbocycles. The fraction of sp³-hybridized carbons (Fsp3) is 1.00. The molecule has 2 aliphatic rings. The average Bonchev–Trinajstić information content (AvgIpc) is 2.70. The van der Waals surface area contributed by atoms with Crippen LogP contribution in [0, 0.1) is 5.92 Å². The molecule has 0 aromatic rings. The van der Waals surface area contributed by atoms with Gasteiger partial charge in [-0.15, -0.1) is 12.4 Å². The number of halogens is 1. The highest BCUT2D eigenvalue weighted by Crippen LogP contribution is 2.44. The molecule has 0 bridgehead atoms. The molecule has 0 aliphatic heterocycles. The third-order valence-corrected chi connectivity index (χ3v) is 3.42. The van der Waals surface area contributed by atoms with E-state index in [1.54, 1.807) is 0 Å². The molecule has 0 atom stereocenters. The molecule has 2 N–H and O–H groups in total. The normalized spacial score (nSPS) is 28.8.